The monoisotopic (exact) mass is 401 g/mol. The Morgan fingerprint density at radius 1 is 1.04 bits per heavy atom. The average molecular weight is 402 g/mol. The molecule has 1 aromatic carbocycles. The molecule has 3 rings (SSSR count). The minimum Gasteiger partial charge on any atom is -0.326 e. The first-order valence-electron chi connectivity index (χ1n) is 8.64. The smallest absolute Gasteiger partial charge is 0.326 e. The van der Waals surface area contributed by atoms with Crippen molar-refractivity contribution in [3.05, 3.63) is 51.4 Å². The molecule has 0 saturated carbocycles. The molecule has 0 bridgehead atoms. The molecule has 0 aliphatic rings. The van der Waals surface area contributed by atoms with Crippen molar-refractivity contribution in [1.82, 2.24) is 14.1 Å². The second kappa shape index (κ2) is 7.85. The molecular formula is C19H20ClN5O3. The number of nitrogens with one attached hydrogen (secondary N) is 2. The van der Waals surface area contributed by atoms with Gasteiger partial charge in [0.1, 0.15) is 5.82 Å². The van der Waals surface area contributed by atoms with Crippen LogP contribution < -0.4 is 16.3 Å². The number of halogens is 1. The van der Waals surface area contributed by atoms with Crippen LogP contribution in [0.5, 0.6) is 0 Å². The van der Waals surface area contributed by atoms with Gasteiger partial charge in [0.25, 0.3) is 0 Å². The van der Waals surface area contributed by atoms with Crippen molar-refractivity contribution >= 4 is 46.1 Å². The van der Waals surface area contributed by atoms with Crippen LogP contribution >= 0.6 is 11.6 Å². The van der Waals surface area contributed by atoms with Crippen LogP contribution in [0.4, 0.5) is 11.5 Å². The van der Waals surface area contributed by atoms with Crippen LogP contribution in [0.1, 0.15) is 18.4 Å². The highest BCUT2D eigenvalue weighted by Crippen LogP contribution is 2.20. The Bertz CT molecular complexity index is 1130. The molecule has 0 unspecified atom stereocenters. The van der Waals surface area contributed by atoms with E-state index in [-0.39, 0.29) is 30.3 Å². The number of amides is 2. The lowest BCUT2D eigenvalue weighted by molar-refractivity contribution is -0.121. The first-order valence-corrected chi connectivity index (χ1v) is 9.02. The topological polar surface area (TPSA) is 98.0 Å². The quantitative estimate of drug-likeness (QED) is 0.686. The molecule has 0 aliphatic carbocycles. The standard InChI is InChI=1S/C19H20ClN5O3/c1-11-4-5-12(20)10-13(11)21-16(26)8-9-17(27)22-15-7-6-14-18(23-15)25(3)19(28)24(14)2/h4-7,10H,8-9H2,1-3H3,(H,21,26)(H,22,23,27). The molecule has 9 heteroatoms. The number of aromatic nitrogens is 3. The highest BCUT2D eigenvalue weighted by molar-refractivity contribution is 6.31. The predicted molar refractivity (Wildman–Crippen MR) is 109 cm³/mol. The van der Waals surface area contributed by atoms with Crippen molar-refractivity contribution in [3.8, 4) is 0 Å². The molecule has 3 aromatic rings. The summed E-state index contributed by atoms with van der Waals surface area (Å²) in [5, 5.41) is 5.93. The summed E-state index contributed by atoms with van der Waals surface area (Å²) in [6.45, 7) is 1.86. The van der Waals surface area contributed by atoms with Gasteiger partial charge in [-0.05, 0) is 36.8 Å². The van der Waals surface area contributed by atoms with Crippen molar-refractivity contribution < 1.29 is 9.59 Å². The zero-order valence-electron chi connectivity index (χ0n) is 15.7. The number of hydrogen-bond donors (Lipinski definition) is 2. The molecule has 2 heterocycles. The van der Waals surface area contributed by atoms with Crippen LogP contribution in [0.2, 0.25) is 5.02 Å². The van der Waals surface area contributed by atoms with Crippen LogP contribution in [0.25, 0.3) is 11.2 Å². The van der Waals surface area contributed by atoms with Gasteiger partial charge in [-0.2, -0.15) is 0 Å². The summed E-state index contributed by atoms with van der Waals surface area (Å²) in [6.07, 6.45) is 0.0166. The van der Waals surface area contributed by atoms with Gasteiger partial charge in [0.2, 0.25) is 11.8 Å². The zero-order chi connectivity index (χ0) is 20.4. The Labute approximate surface area is 166 Å². The highest BCUT2D eigenvalue weighted by Gasteiger charge is 2.12. The molecule has 0 fully saturated rings. The van der Waals surface area contributed by atoms with Crippen LogP contribution in [-0.2, 0) is 23.7 Å². The maximum atomic E-state index is 12.2. The van der Waals surface area contributed by atoms with Gasteiger partial charge in [-0.25, -0.2) is 9.78 Å². The third kappa shape index (κ3) is 4.07. The Kier molecular flexibility index (Phi) is 5.51. The van der Waals surface area contributed by atoms with Gasteiger partial charge in [0.15, 0.2) is 5.65 Å². The van der Waals surface area contributed by atoms with E-state index in [2.05, 4.69) is 15.6 Å². The van der Waals surface area contributed by atoms with Gasteiger partial charge in [0.05, 0.1) is 5.52 Å². The molecule has 0 spiro atoms. The van der Waals surface area contributed by atoms with Crippen molar-refractivity contribution in [1.29, 1.82) is 0 Å². The molecule has 0 aliphatic heterocycles. The maximum absolute atomic E-state index is 12.2. The normalized spacial score (nSPS) is 10.9. The minimum absolute atomic E-state index is 0.00111. The van der Waals surface area contributed by atoms with E-state index in [1.807, 2.05) is 13.0 Å². The largest absolute Gasteiger partial charge is 0.329 e. The van der Waals surface area contributed by atoms with E-state index in [0.29, 0.717) is 27.7 Å². The van der Waals surface area contributed by atoms with Gasteiger partial charge < -0.3 is 10.6 Å². The number of anilines is 2. The second-order valence-electron chi connectivity index (χ2n) is 6.50. The summed E-state index contributed by atoms with van der Waals surface area (Å²) in [6, 6.07) is 8.55. The molecule has 0 saturated heterocycles. The molecule has 0 radical (unpaired) electrons. The number of imidazole rings is 1. The lowest BCUT2D eigenvalue weighted by atomic mass is 10.2. The number of fused-ring (bicyclic) bond motifs is 1. The number of hydrogen-bond acceptors (Lipinski definition) is 4. The van der Waals surface area contributed by atoms with E-state index < -0.39 is 0 Å². The summed E-state index contributed by atoms with van der Waals surface area (Å²) in [7, 11) is 3.27. The fraction of sp³-hybridized carbons (Fsp3) is 0.263. The highest BCUT2D eigenvalue weighted by atomic mass is 35.5. The Morgan fingerprint density at radius 3 is 2.43 bits per heavy atom. The molecule has 2 aromatic heterocycles. The number of benzene rings is 1. The predicted octanol–water partition coefficient (Wildman–Crippen LogP) is 2.59. The lowest BCUT2D eigenvalue weighted by Crippen LogP contribution is -2.19. The first kappa shape index (κ1) is 19.6. The Morgan fingerprint density at radius 2 is 1.71 bits per heavy atom. The number of nitrogens with zero attached hydrogens (tertiary/aromatic N) is 3. The molecular weight excluding hydrogens is 382 g/mol. The van der Waals surface area contributed by atoms with Crippen molar-refractivity contribution in [2.45, 2.75) is 19.8 Å². The molecule has 0 atom stereocenters. The molecule has 146 valence electrons. The number of rotatable bonds is 5. The molecule has 2 amide bonds. The second-order valence-corrected chi connectivity index (χ2v) is 6.93. The van der Waals surface area contributed by atoms with Gasteiger partial charge in [-0.1, -0.05) is 17.7 Å². The molecule has 8 nitrogen and oxygen atoms in total. The third-order valence-electron chi connectivity index (χ3n) is 4.43. The first-order chi connectivity index (χ1) is 13.3. The summed E-state index contributed by atoms with van der Waals surface area (Å²) >= 11 is 5.94. The SMILES string of the molecule is Cc1ccc(Cl)cc1NC(=O)CCC(=O)Nc1ccc2c(n1)n(C)c(=O)n2C. The number of carbonyl (C=O) groups excluding carboxylic acids is 2. The summed E-state index contributed by atoms with van der Waals surface area (Å²) < 4.78 is 2.89. The van der Waals surface area contributed by atoms with E-state index in [0.717, 1.165) is 5.56 Å². The minimum atomic E-state index is -0.342. The number of aryl methyl sites for hydroxylation is 3. The summed E-state index contributed by atoms with van der Waals surface area (Å²) in [5.41, 5.74) is 2.45. The van der Waals surface area contributed by atoms with Crippen LogP contribution in [0.3, 0.4) is 0 Å². The fourth-order valence-corrected chi connectivity index (χ4v) is 2.98. The van der Waals surface area contributed by atoms with Gasteiger partial charge in [-0.3, -0.25) is 18.7 Å². The van der Waals surface area contributed by atoms with Crippen molar-refractivity contribution in [2.75, 3.05) is 10.6 Å². The van der Waals surface area contributed by atoms with E-state index in [4.69, 9.17) is 11.6 Å². The third-order valence-corrected chi connectivity index (χ3v) is 4.66. The number of pyridine rings is 1. The van der Waals surface area contributed by atoms with Crippen LogP contribution in [0, 0.1) is 6.92 Å². The van der Waals surface area contributed by atoms with E-state index in [9.17, 15) is 14.4 Å². The lowest BCUT2D eigenvalue weighted by Gasteiger charge is -2.09. The Balaban J connectivity index is 1.60. The number of carbonyl (C=O) groups is 2. The van der Waals surface area contributed by atoms with Crippen LogP contribution in [0.15, 0.2) is 35.1 Å². The molecule has 28 heavy (non-hydrogen) atoms. The van der Waals surface area contributed by atoms with E-state index in [1.54, 1.807) is 38.4 Å². The Hall–Kier alpha value is -3.13. The maximum Gasteiger partial charge on any atom is 0.329 e. The summed E-state index contributed by atoms with van der Waals surface area (Å²) in [5.74, 6) is -0.301. The van der Waals surface area contributed by atoms with E-state index >= 15 is 0 Å². The van der Waals surface area contributed by atoms with Crippen molar-refractivity contribution in [2.24, 2.45) is 14.1 Å². The summed E-state index contributed by atoms with van der Waals surface area (Å²) in [4.78, 5) is 40.5. The zero-order valence-corrected chi connectivity index (χ0v) is 16.5. The van der Waals surface area contributed by atoms with Crippen molar-refractivity contribution in [3.63, 3.8) is 0 Å². The van der Waals surface area contributed by atoms with Gasteiger partial charge >= 0.3 is 5.69 Å². The van der Waals surface area contributed by atoms with E-state index in [1.165, 1.54) is 9.13 Å². The fourth-order valence-electron chi connectivity index (χ4n) is 2.81. The average Bonchev–Trinajstić information content (AvgIpc) is 2.87. The van der Waals surface area contributed by atoms with Gasteiger partial charge in [-0.15, -0.1) is 0 Å². The van der Waals surface area contributed by atoms with Gasteiger partial charge in [0, 0.05) is 37.6 Å². The molecule has 2 N–H and O–H groups in total. The van der Waals surface area contributed by atoms with Crippen LogP contribution in [-0.4, -0.2) is 25.9 Å².